The van der Waals surface area contributed by atoms with E-state index in [4.69, 9.17) is 10.5 Å². The first-order valence-electron chi connectivity index (χ1n) is 5.74. The molecular weight excluding hydrogens is 204 g/mol. The molecule has 1 aromatic rings. The van der Waals surface area contributed by atoms with Gasteiger partial charge in [0.15, 0.2) is 0 Å². The van der Waals surface area contributed by atoms with Gasteiger partial charge >= 0.3 is 0 Å². The van der Waals surface area contributed by atoms with Gasteiger partial charge in [-0.1, -0.05) is 6.92 Å². The Morgan fingerprint density at radius 1 is 1.44 bits per heavy atom. The van der Waals surface area contributed by atoms with Crippen molar-refractivity contribution in [3.63, 3.8) is 0 Å². The molecule has 0 radical (unpaired) electrons. The molecule has 1 aromatic heterocycles. The Labute approximate surface area is 97.0 Å². The fourth-order valence-corrected chi connectivity index (χ4v) is 1.64. The highest BCUT2D eigenvalue weighted by atomic mass is 16.5. The molecule has 0 amide bonds. The van der Waals surface area contributed by atoms with Gasteiger partial charge in [0.05, 0.1) is 11.4 Å². The zero-order valence-electron chi connectivity index (χ0n) is 10.4. The molecule has 5 heteroatoms. The van der Waals surface area contributed by atoms with Crippen molar-refractivity contribution in [2.75, 3.05) is 31.3 Å². The Balaban J connectivity index is 2.44. The van der Waals surface area contributed by atoms with Crippen molar-refractivity contribution in [2.45, 2.75) is 26.2 Å². The summed E-state index contributed by atoms with van der Waals surface area (Å²) in [6.07, 6.45) is 2.99. The van der Waals surface area contributed by atoms with Gasteiger partial charge in [-0.25, -0.2) is 0 Å². The molecule has 0 saturated carbocycles. The number of unbranched alkanes of at least 4 members (excludes halogenated alkanes) is 1. The summed E-state index contributed by atoms with van der Waals surface area (Å²) in [7, 11) is 3.63. The topological polar surface area (TPSA) is 65.1 Å². The summed E-state index contributed by atoms with van der Waals surface area (Å²) in [5, 5.41) is 7.66. The minimum atomic E-state index is 0.775. The monoisotopic (exact) mass is 226 g/mol. The molecule has 1 rings (SSSR count). The minimum Gasteiger partial charge on any atom is -0.394 e. The van der Waals surface area contributed by atoms with Crippen LogP contribution in [0.3, 0.4) is 0 Å². The van der Waals surface area contributed by atoms with Crippen molar-refractivity contribution < 1.29 is 4.74 Å². The Kier molecular flexibility index (Phi) is 5.11. The van der Waals surface area contributed by atoms with Crippen molar-refractivity contribution in [1.29, 1.82) is 0 Å². The summed E-state index contributed by atoms with van der Waals surface area (Å²) in [4.78, 5) is 0. The zero-order chi connectivity index (χ0) is 12.0. The largest absolute Gasteiger partial charge is 0.394 e. The van der Waals surface area contributed by atoms with Gasteiger partial charge in [-0.05, 0) is 19.3 Å². The van der Waals surface area contributed by atoms with E-state index < -0.39 is 0 Å². The number of aryl methyl sites for hydroxylation is 2. The number of nitrogen functional groups attached to an aromatic ring is 1. The lowest BCUT2D eigenvalue weighted by atomic mass is 10.3. The highest BCUT2D eigenvalue weighted by Gasteiger charge is 2.10. The number of nitrogens with zero attached hydrogens (tertiary/aromatic N) is 2. The molecule has 0 aliphatic carbocycles. The lowest BCUT2D eigenvalue weighted by Gasteiger charge is -2.07. The second kappa shape index (κ2) is 6.37. The molecule has 0 spiro atoms. The van der Waals surface area contributed by atoms with E-state index in [1.54, 1.807) is 7.11 Å². The van der Waals surface area contributed by atoms with Crippen LogP contribution >= 0.6 is 0 Å². The summed E-state index contributed by atoms with van der Waals surface area (Å²) >= 11 is 0. The van der Waals surface area contributed by atoms with Crippen LogP contribution in [0.1, 0.15) is 25.5 Å². The zero-order valence-corrected chi connectivity index (χ0v) is 10.4. The lowest BCUT2D eigenvalue weighted by Crippen LogP contribution is -2.08. The van der Waals surface area contributed by atoms with Gasteiger partial charge < -0.3 is 15.8 Å². The van der Waals surface area contributed by atoms with E-state index in [1.807, 2.05) is 11.7 Å². The molecular formula is C11H22N4O. The number of ether oxygens (including phenoxy) is 1. The van der Waals surface area contributed by atoms with Crippen molar-refractivity contribution in [1.82, 2.24) is 9.78 Å². The summed E-state index contributed by atoms with van der Waals surface area (Å²) < 4.78 is 6.80. The summed E-state index contributed by atoms with van der Waals surface area (Å²) in [5.74, 6) is 0.925. The third kappa shape index (κ3) is 3.13. The van der Waals surface area contributed by atoms with Crippen LogP contribution in [-0.2, 0) is 18.2 Å². The summed E-state index contributed by atoms with van der Waals surface area (Å²) in [5.41, 5.74) is 7.72. The first kappa shape index (κ1) is 12.8. The van der Waals surface area contributed by atoms with E-state index >= 15 is 0 Å². The minimum absolute atomic E-state index is 0.775. The number of nitrogens with one attached hydrogen (secondary N) is 1. The van der Waals surface area contributed by atoms with Crippen LogP contribution in [-0.4, -0.2) is 30.0 Å². The number of aromatic nitrogens is 2. The van der Waals surface area contributed by atoms with Crippen LogP contribution in [0.2, 0.25) is 0 Å². The average molecular weight is 226 g/mol. The first-order valence-corrected chi connectivity index (χ1v) is 5.74. The summed E-state index contributed by atoms with van der Waals surface area (Å²) in [6, 6.07) is 0. The second-order valence-corrected chi connectivity index (χ2v) is 3.81. The Bertz CT molecular complexity index is 322. The molecule has 1 heterocycles. The fraction of sp³-hybridized carbons (Fsp3) is 0.727. The van der Waals surface area contributed by atoms with Crippen LogP contribution in [0.15, 0.2) is 0 Å². The number of nitrogens with two attached hydrogens (primary N) is 1. The highest BCUT2D eigenvalue weighted by Crippen LogP contribution is 2.21. The van der Waals surface area contributed by atoms with Crippen molar-refractivity contribution >= 4 is 11.5 Å². The Morgan fingerprint density at radius 3 is 2.75 bits per heavy atom. The van der Waals surface area contributed by atoms with Gasteiger partial charge in [0.2, 0.25) is 0 Å². The van der Waals surface area contributed by atoms with E-state index in [0.717, 1.165) is 49.6 Å². The Morgan fingerprint density at radius 2 is 2.19 bits per heavy atom. The van der Waals surface area contributed by atoms with Crippen LogP contribution in [0.4, 0.5) is 11.5 Å². The van der Waals surface area contributed by atoms with Gasteiger partial charge in [0.1, 0.15) is 5.82 Å². The van der Waals surface area contributed by atoms with Crippen LogP contribution in [0, 0.1) is 0 Å². The predicted molar refractivity (Wildman–Crippen MR) is 66.6 cm³/mol. The van der Waals surface area contributed by atoms with Gasteiger partial charge in [-0.2, -0.15) is 5.10 Å². The standard InChI is InChI=1S/C11H22N4O/c1-4-9-10(12)11(15(2)14-9)13-7-5-6-8-16-3/h13H,4-8,12H2,1-3H3. The molecule has 16 heavy (non-hydrogen) atoms. The number of methoxy groups -OCH3 is 1. The molecule has 0 unspecified atom stereocenters. The van der Waals surface area contributed by atoms with Crippen LogP contribution < -0.4 is 11.1 Å². The van der Waals surface area contributed by atoms with Crippen molar-refractivity contribution in [3.8, 4) is 0 Å². The maximum Gasteiger partial charge on any atom is 0.147 e. The van der Waals surface area contributed by atoms with Crippen molar-refractivity contribution in [3.05, 3.63) is 5.69 Å². The number of hydrogen-bond donors (Lipinski definition) is 2. The van der Waals surface area contributed by atoms with E-state index in [0.29, 0.717) is 0 Å². The fourth-order valence-electron chi connectivity index (χ4n) is 1.64. The smallest absolute Gasteiger partial charge is 0.147 e. The van der Waals surface area contributed by atoms with E-state index in [-0.39, 0.29) is 0 Å². The molecule has 0 atom stereocenters. The number of rotatable bonds is 7. The van der Waals surface area contributed by atoms with E-state index in [2.05, 4.69) is 17.3 Å². The van der Waals surface area contributed by atoms with Crippen molar-refractivity contribution in [2.24, 2.45) is 7.05 Å². The normalized spacial score (nSPS) is 10.7. The molecule has 0 aliphatic heterocycles. The molecule has 0 aliphatic rings. The summed E-state index contributed by atoms with van der Waals surface area (Å²) in [6.45, 7) is 3.76. The van der Waals surface area contributed by atoms with Crippen LogP contribution in [0.5, 0.6) is 0 Å². The predicted octanol–water partition coefficient (Wildman–Crippen LogP) is 1.40. The van der Waals surface area contributed by atoms with E-state index in [9.17, 15) is 0 Å². The molecule has 5 nitrogen and oxygen atoms in total. The molecule has 92 valence electrons. The highest BCUT2D eigenvalue weighted by molar-refractivity contribution is 5.64. The molecule has 0 aromatic carbocycles. The average Bonchev–Trinajstić information content (AvgIpc) is 2.55. The van der Waals surface area contributed by atoms with Gasteiger partial charge in [0.25, 0.3) is 0 Å². The van der Waals surface area contributed by atoms with E-state index in [1.165, 1.54) is 0 Å². The quantitative estimate of drug-likeness (QED) is 0.690. The molecule has 3 N–H and O–H groups in total. The van der Waals surface area contributed by atoms with Gasteiger partial charge in [-0.3, -0.25) is 4.68 Å². The van der Waals surface area contributed by atoms with Crippen LogP contribution in [0.25, 0.3) is 0 Å². The van der Waals surface area contributed by atoms with Gasteiger partial charge in [-0.15, -0.1) is 0 Å². The third-order valence-corrected chi connectivity index (χ3v) is 2.56. The Hall–Kier alpha value is -1.23. The SMILES string of the molecule is CCc1nn(C)c(NCCCCOC)c1N. The molecule has 0 fully saturated rings. The number of anilines is 2. The third-order valence-electron chi connectivity index (χ3n) is 2.56. The van der Waals surface area contributed by atoms with Gasteiger partial charge in [0, 0.05) is 27.3 Å². The molecule has 0 saturated heterocycles. The molecule has 0 bridgehead atoms. The second-order valence-electron chi connectivity index (χ2n) is 3.81. The number of hydrogen-bond acceptors (Lipinski definition) is 4. The first-order chi connectivity index (χ1) is 7.70. The lowest BCUT2D eigenvalue weighted by molar-refractivity contribution is 0.193. The maximum atomic E-state index is 5.99. The maximum absolute atomic E-state index is 5.99.